The highest BCUT2D eigenvalue weighted by Gasteiger charge is 2.21. The number of nitrogens with one attached hydrogen (secondary N) is 2. The van der Waals surface area contributed by atoms with Gasteiger partial charge in [0.25, 0.3) is 0 Å². The highest BCUT2D eigenvalue weighted by molar-refractivity contribution is 6.35. The first-order valence-corrected chi connectivity index (χ1v) is 8.68. The Balaban J connectivity index is 1.98. The lowest BCUT2D eigenvalue weighted by Crippen LogP contribution is -2.15. The Bertz CT molecular complexity index is 1290. The minimum Gasteiger partial charge on any atom is -0.453 e. The molecule has 4 aromatic rings. The van der Waals surface area contributed by atoms with E-state index in [1.54, 1.807) is 36.3 Å². The zero-order valence-electron chi connectivity index (χ0n) is 15.3. The van der Waals surface area contributed by atoms with Crippen LogP contribution in [0.4, 0.5) is 10.6 Å². The molecule has 0 unspecified atom stereocenters. The first-order valence-electron chi connectivity index (χ1n) is 8.30. The average Bonchev–Trinajstić information content (AvgIpc) is 3.36. The number of hydrogen-bond donors (Lipinski definition) is 2. The van der Waals surface area contributed by atoms with Gasteiger partial charge in [-0.3, -0.25) is 15.1 Å². The highest BCUT2D eigenvalue weighted by Crippen LogP contribution is 2.34. The van der Waals surface area contributed by atoms with Crippen LogP contribution in [0.15, 0.2) is 30.6 Å². The van der Waals surface area contributed by atoms with Crippen LogP contribution >= 0.6 is 11.6 Å². The van der Waals surface area contributed by atoms with Gasteiger partial charge in [-0.25, -0.2) is 14.8 Å². The van der Waals surface area contributed by atoms with Crippen LogP contribution in [0.1, 0.15) is 5.69 Å². The van der Waals surface area contributed by atoms with Crippen LogP contribution < -0.4 is 5.32 Å². The normalized spacial score (nSPS) is 10.7. The number of aromatic amines is 1. The number of anilines is 1. The zero-order valence-corrected chi connectivity index (χ0v) is 16.0. The molecule has 144 valence electrons. The standard InChI is InChI=1S/C18H13ClN8O2/c1-27-4-3-12(26-27)16-15(9-5-10-8-21-25-14(10)11(19)6-9)22-13(7-20)17(23-16)24-18(28)29-2/h3-6,8H,1-2H3,(H,21,25)(H,23,24,28). The van der Waals surface area contributed by atoms with Gasteiger partial charge in [0, 0.05) is 24.2 Å². The van der Waals surface area contributed by atoms with E-state index in [-0.39, 0.29) is 11.5 Å². The van der Waals surface area contributed by atoms with Gasteiger partial charge in [-0.15, -0.1) is 0 Å². The molecule has 29 heavy (non-hydrogen) atoms. The smallest absolute Gasteiger partial charge is 0.412 e. The molecule has 0 saturated carbocycles. The van der Waals surface area contributed by atoms with Gasteiger partial charge in [0.2, 0.25) is 0 Å². The van der Waals surface area contributed by atoms with E-state index < -0.39 is 6.09 Å². The zero-order chi connectivity index (χ0) is 20.5. The summed E-state index contributed by atoms with van der Waals surface area (Å²) in [5, 5.41) is 24.4. The molecule has 1 amide bonds. The average molecular weight is 409 g/mol. The fourth-order valence-electron chi connectivity index (χ4n) is 2.82. The van der Waals surface area contributed by atoms with Gasteiger partial charge in [-0.1, -0.05) is 11.6 Å². The van der Waals surface area contributed by atoms with Crippen molar-refractivity contribution < 1.29 is 9.53 Å². The van der Waals surface area contributed by atoms with Crippen LogP contribution in [-0.2, 0) is 11.8 Å². The Kier molecular flexibility index (Phi) is 4.58. The Morgan fingerprint density at radius 1 is 1.34 bits per heavy atom. The number of rotatable bonds is 3. The van der Waals surface area contributed by atoms with Crippen LogP contribution in [0.5, 0.6) is 0 Å². The van der Waals surface area contributed by atoms with Crippen molar-refractivity contribution >= 4 is 34.4 Å². The maximum atomic E-state index is 11.7. The number of aryl methyl sites for hydroxylation is 1. The van der Waals surface area contributed by atoms with Gasteiger partial charge >= 0.3 is 6.09 Å². The third-order valence-electron chi connectivity index (χ3n) is 4.14. The van der Waals surface area contributed by atoms with Crippen molar-refractivity contribution in [2.75, 3.05) is 12.4 Å². The summed E-state index contributed by atoms with van der Waals surface area (Å²) in [5.74, 6) is -0.0285. The second kappa shape index (κ2) is 7.21. The summed E-state index contributed by atoms with van der Waals surface area (Å²) >= 11 is 6.37. The van der Waals surface area contributed by atoms with Crippen molar-refractivity contribution in [1.29, 1.82) is 5.26 Å². The number of aromatic nitrogens is 6. The van der Waals surface area contributed by atoms with E-state index in [0.717, 1.165) is 5.39 Å². The van der Waals surface area contributed by atoms with E-state index >= 15 is 0 Å². The quantitative estimate of drug-likeness (QED) is 0.531. The molecule has 0 atom stereocenters. The van der Waals surface area contributed by atoms with Crippen LogP contribution in [0, 0.1) is 11.3 Å². The van der Waals surface area contributed by atoms with Crippen LogP contribution in [0.3, 0.4) is 0 Å². The number of carbonyl (C=O) groups is 1. The summed E-state index contributed by atoms with van der Waals surface area (Å²) < 4.78 is 6.21. The molecule has 0 bridgehead atoms. The summed E-state index contributed by atoms with van der Waals surface area (Å²) in [4.78, 5) is 20.5. The second-order valence-corrected chi connectivity index (χ2v) is 6.42. The molecule has 2 N–H and O–H groups in total. The van der Waals surface area contributed by atoms with E-state index in [1.165, 1.54) is 7.11 Å². The topological polar surface area (TPSA) is 134 Å². The summed E-state index contributed by atoms with van der Waals surface area (Å²) in [6.07, 6.45) is 2.62. The number of ether oxygens (including phenoxy) is 1. The maximum absolute atomic E-state index is 11.7. The fourth-order valence-corrected chi connectivity index (χ4v) is 3.09. The Hall–Kier alpha value is -3.97. The SMILES string of the molecule is COC(=O)Nc1nc(-c2ccn(C)n2)c(-c2cc(Cl)c3[nH]ncc3c2)nc1C#N. The van der Waals surface area contributed by atoms with Gasteiger partial charge < -0.3 is 4.74 Å². The van der Waals surface area contributed by atoms with E-state index in [2.05, 4.69) is 35.3 Å². The van der Waals surface area contributed by atoms with Crippen molar-refractivity contribution in [3.8, 4) is 28.7 Å². The minimum atomic E-state index is -0.765. The molecule has 10 nitrogen and oxygen atoms in total. The Morgan fingerprint density at radius 2 is 2.17 bits per heavy atom. The number of nitriles is 1. The third kappa shape index (κ3) is 3.35. The second-order valence-electron chi connectivity index (χ2n) is 6.01. The molecule has 0 spiro atoms. The van der Waals surface area contributed by atoms with Gasteiger partial charge in [0.15, 0.2) is 11.5 Å². The molecular formula is C18H13ClN8O2. The van der Waals surface area contributed by atoms with Crippen LogP contribution in [0.25, 0.3) is 33.5 Å². The van der Waals surface area contributed by atoms with Gasteiger partial charge in [0.05, 0.1) is 23.8 Å². The number of nitrogens with zero attached hydrogens (tertiary/aromatic N) is 6. The summed E-state index contributed by atoms with van der Waals surface area (Å²) in [7, 11) is 2.98. The first kappa shape index (κ1) is 18.4. The molecular weight excluding hydrogens is 396 g/mol. The summed E-state index contributed by atoms with van der Waals surface area (Å²) in [6.45, 7) is 0. The number of amides is 1. The van der Waals surface area contributed by atoms with Crippen molar-refractivity contribution in [2.24, 2.45) is 7.05 Å². The summed E-state index contributed by atoms with van der Waals surface area (Å²) in [5.41, 5.74) is 2.50. The number of halogens is 1. The van der Waals surface area contributed by atoms with Crippen molar-refractivity contribution in [3.63, 3.8) is 0 Å². The maximum Gasteiger partial charge on any atom is 0.412 e. The molecule has 0 radical (unpaired) electrons. The molecule has 0 aliphatic heterocycles. The summed E-state index contributed by atoms with van der Waals surface area (Å²) in [6, 6.07) is 7.22. The predicted octanol–water partition coefficient (Wildman–Crippen LogP) is 3.12. The molecule has 0 fully saturated rings. The molecule has 1 aromatic carbocycles. The number of benzene rings is 1. The lowest BCUT2D eigenvalue weighted by atomic mass is 10.1. The Morgan fingerprint density at radius 3 is 2.86 bits per heavy atom. The van der Waals surface area contributed by atoms with E-state index in [0.29, 0.717) is 33.2 Å². The van der Waals surface area contributed by atoms with E-state index in [9.17, 15) is 10.1 Å². The van der Waals surface area contributed by atoms with Crippen molar-refractivity contribution in [2.45, 2.75) is 0 Å². The first-order chi connectivity index (χ1) is 14.0. The third-order valence-corrected chi connectivity index (χ3v) is 4.44. The molecule has 4 rings (SSSR count). The monoisotopic (exact) mass is 408 g/mol. The molecule has 11 heteroatoms. The molecule has 0 saturated heterocycles. The number of methoxy groups -OCH3 is 1. The van der Waals surface area contributed by atoms with E-state index in [1.807, 2.05) is 12.1 Å². The largest absolute Gasteiger partial charge is 0.453 e. The lowest BCUT2D eigenvalue weighted by molar-refractivity contribution is 0.187. The van der Waals surface area contributed by atoms with Crippen molar-refractivity contribution in [1.82, 2.24) is 29.9 Å². The number of fused-ring (bicyclic) bond motifs is 1. The minimum absolute atomic E-state index is 0.0285. The van der Waals surface area contributed by atoms with Gasteiger partial charge in [-0.2, -0.15) is 15.5 Å². The van der Waals surface area contributed by atoms with Crippen LogP contribution in [-0.4, -0.2) is 43.1 Å². The van der Waals surface area contributed by atoms with Gasteiger partial charge in [0.1, 0.15) is 23.2 Å². The number of carbonyl (C=O) groups excluding carboxylic acids is 1. The lowest BCUT2D eigenvalue weighted by Gasteiger charge is -2.11. The van der Waals surface area contributed by atoms with Gasteiger partial charge in [-0.05, 0) is 18.2 Å². The number of H-pyrrole nitrogens is 1. The van der Waals surface area contributed by atoms with Crippen molar-refractivity contribution in [3.05, 3.63) is 41.3 Å². The molecule has 3 heterocycles. The predicted molar refractivity (Wildman–Crippen MR) is 105 cm³/mol. The molecule has 0 aliphatic rings. The van der Waals surface area contributed by atoms with E-state index in [4.69, 9.17) is 11.6 Å². The molecule has 0 aliphatic carbocycles. The molecule has 3 aromatic heterocycles. The van der Waals surface area contributed by atoms with Crippen LogP contribution in [0.2, 0.25) is 5.02 Å². The Labute approximate surface area is 169 Å². The fraction of sp³-hybridized carbons (Fsp3) is 0.111. The highest BCUT2D eigenvalue weighted by atomic mass is 35.5. The number of hydrogen-bond acceptors (Lipinski definition) is 7.